The van der Waals surface area contributed by atoms with Gasteiger partial charge in [0.2, 0.25) is 5.91 Å². The van der Waals surface area contributed by atoms with Gasteiger partial charge in [-0.05, 0) is 18.6 Å². The van der Waals surface area contributed by atoms with E-state index in [-0.39, 0.29) is 17.9 Å². The van der Waals surface area contributed by atoms with Gasteiger partial charge in [-0.15, -0.1) is 0 Å². The van der Waals surface area contributed by atoms with Crippen LogP contribution in [0, 0.1) is 5.92 Å². The highest BCUT2D eigenvalue weighted by Gasteiger charge is 2.13. The molecule has 82 valence electrons. The molecule has 0 heterocycles. The van der Waals surface area contributed by atoms with Crippen molar-refractivity contribution in [3.63, 3.8) is 0 Å². The first-order chi connectivity index (χ1) is 7.02. The summed E-state index contributed by atoms with van der Waals surface area (Å²) < 4.78 is 0. The largest absolute Gasteiger partial charge is 0.349 e. The van der Waals surface area contributed by atoms with E-state index in [1.54, 1.807) is 0 Å². The molecule has 15 heavy (non-hydrogen) atoms. The van der Waals surface area contributed by atoms with E-state index in [0.717, 1.165) is 5.56 Å². The number of benzene rings is 1. The Hall–Kier alpha value is -1.02. The minimum Gasteiger partial charge on any atom is -0.349 e. The van der Waals surface area contributed by atoms with Crippen LogP contribution in [0.2, 0.25) is 5.02 Å². The van der Waals surface area contributed by atoms with Crippen LogP contribution < -0.4 is 5.32 Å². The predicted octanol–water partition coefficient (Wildman–Crippen LogP) is 3.17. The maximum atomic E-state index is 11.5. The molecule has 0 aliphatic carbocycles. The fourth-order valence-electron chi connectivity index (χ4n) is 1.28. The topological polar surface area (TPSA) is 29.1 Å². The number of hydrogen-bond donors (Lipinski definition) is 1. The van der Waals surface area contributed by atoms with E-state index >= 15 is 0 Å². The molecule has 1 N–H and O–H groups in total. The second-order valence-corrected chi connectivity index (χ2v) is 4.31. The lowest BCUT2D eigenvalue weighted by molar-refractivity contribution is -0.124. The number of carbonyl (C=O) groups excluding carboxylic acids is 1. The molecule has 0 aromatic heterocycles. The normalized spacial score (nSPS) is 12.6. The third-order valence-electron chi connectivity index (χ3n) is 2.25. The number of halogens is 1. The zero-order chi connectivity index (χ0) is 11.4. The molecule has 0 radical (unpaired) electrons. The molecule has 0 aliphatic heterocycles. The molecule has 0 bridgehead atoms. The maximum Gasteiger partial charge on any atom is 0.223 e. The molecule has 3 heteroatoms. The lowest BCUT2D eigenvalue weighted by Crippen LogP contribution is -2.30. The van der Waals surface area contributed by atoms with Crippen LogP contribution in [0.25, 0.3) is 0 Å². The first-order valence-electron chi connectivity index (χ1n) is 5.07. The van der Waals surface area contributed by atoms with Crippen LogP contribution in [0.4, 0.5) is 0 Å². The molecule has 1 rings (SSSR count). The van der Waals surface area contributed by atoms with Crippen molar-refractivity contribution in [2.75, 3.05) is 0 Å². The lowest BCUT2D eigenvalue weighted by Gasteiger charge is -2.16. The first kappa shape index (κ1) is 12.1. The molecule has 0 fully saturated rings. The van der Waals surface area contributed by atoms with Crippen LogP contribution >= 0.6 is 11.6 Å². The Balaban J connectivity index is 2.73. The van der Waals surface area contributed by atoms with E-state index in [1.807, 2.05) is 45.0 Å². The molecule has 0 aliphatic rings. The molecular weight excluding hydrogens is 210 g/mol. The fraction of sp³-hybridized carbons (Fsp3) is 0.417. The summed E-state index contributed by atoms with van der Waals surface area (Å²) >= 11 is 6.03. The summed E-state index contributed by atoms with van der Waals surface area (Å²) in [7, 11) is 0. The van der Waals surface area contributed by atoms with Crippen LogP contribution in [0.15, 0.2) is 24.3 Å². The highest BCUT2D eigenvalue weighted by Crippen LogP contribution is 2.22. The van der Waals surface area contributed by atoms with Gasteiger partial charge in [0, 0.05) is 10.9 Å². The van der Waals surface area contributed by atoms with E-state index < -0.39 is 0 Å². The lowest BCUT2D eigenvalue weighted by atomic mass is 10.1. The summed E-state index contributed by atoms with van der Waals surface area (Å²) in [5, 5.41) is 3.60. The third-order valence-corrected chi connectivity index (χ3v) is 2.60. The number of carbonyl (C=O) groups is 1. The van der Waals surface area contributed by atoms with Gasteiger partial charge in [-0.2, -0.15) is 0 Å². The molecule has 1 aromatic rings. The van der Waals surface area contributed by atoms with Crippen LogP contribution in [0.3, 0.4) is 0 Å². The summed E-state index contributed by atoms with van der Waals surface area (Å²) in [5.41, 5.74) is 0.952. The quantitative estimate of drug-likeness (QED) is 0.841. The number of amides is 1. The van der Waals surface area contributed by atoms with Crippen molar-refractivity contribution < 1.29 is 4.79 Å². The Morgan fingerprint density at radius 3 is 2.40 bits per heavy atom. The SMILES string of the molecule is CC(C)C(=O)N[C@H](C)c1ccccc1Cl. The monoisotopic (exact) mass is 225 g/mol. The standard InChI is InChI=1S/C12H16ClNO/c1-8(2)12(15)14-9(3)10-6-4-5-7-11(10)13/h4-9H,1-3H3,(H,14,15)/t9-/m1/s1. The maximum absolute atomic E-state index is 11.5. The summed E-state index contributed by atoms with van der Waals surface area (Å²) in [4.78, 5) is 11.5. The van der Waals surface area contributed by atoms with Gasteiger partial charge in [-0.25, -0.2) is 0 Å². The Kier molecular flexibility index (Phi) is 4.15. The van der Waals surface area contributed by atoms with Gasteiger partial charge in [-0.3, -0.25) is 4.79 Å². The van der Waals surface area contributed by atoms with E-state index in [0.29, 0.717) is 5.02 Å². The zero-order valence-electron chi connectivity index (χ0n) is 9.25. The zero-order valence-corrected chi connectivity index (χ0v) is 10.0. The summed E-state index contributed by atoms with van der Waals surface area (Å²) in [6, 6.07) is 7.50. The van der Waals surface area contributed by atoms with E-state index in [2.05, 4.69) is 5.32 Å². The minimum absolute atomic E-state index is 0.00469. The van der Waals surface area contributed by atoms with Crippen LogP contribution in [-0.4, -0.2) is 5.91 Å². The summed E-state index contributed by atoms with van der Waals surface area (Å²) in [5.74, 6) is 0.0392. The fourth-order valence-corrected chi connectivity index (χ4v) is 1.58. The number of nitrogens with one attached hydrogen (secondary N) is 1. The average molecular weight is 226 g/mol. The Morgan fingerprint density at radius 2 is 1.87 bits per heavy atom. The minimum atomic E-state index is -0.0476. The van der Waals surface area contributed by atoms with Crippen LogP contribution in [0.5, 0.6) is 0 Å². The van der Waals surface area contributed by atoms with Crippen molar-refractivity contribution in [1.82, 2.24) is 5.32 Å². The van der Waals surface area contributed by atoms with Crippen LogP contribution in [0.1, 0.15) is 32.4 Å². The Labute approximate surface area is 95.6 Å². The second-order valence-electron chi connectivity index (χ2n) is 3.91. The second kappa shape index (κ2) is 5.17. The highest BCUT2D eigenvalue weighted by molar-refractivity contribution is 6.31. The van der Waals surface area contributed by atoms with Gasteiger partial charge >= 0.3 is 0 Å². The molecule has 1 amide bonds. The summed E-state index contributed by atoms with van der Waals surface area (Å²) in [6.07, 6.45) is 0. The molecule has 1 atom stereocenters. The van der Waals surface area contributed by atoms with Gasteiger partial charge in [0.1, 0.15) is 0 Å². The van der Waals surface area contributed by atoms with Crippen molar-refractivity contribution in [3.8, 4) is 0 Å². The van der Waals surface area contributed by atoms with E-state index in [1.165, 1.54) is 0 Å². The molecule has 0 saturated heterocycles. The highest BCUT2D eigenvalue weighted by atomic mass is 35.5. The molecule has 0 unspecified atom stereocenters. The van der Waals surface area contributed by atoms with E-state index in [4.69, 9.17) is 11.6 Å². The van der Waals surface area contributed by atoms with E-state index in [9.17, 15) is 4.79 Å². The molecular formula is C12H16ClNO. The third kappa shape index (κ3) is 3.24. The van der Waals surface area contributed by atoms with Gasteiger partial charge in [0.15, 0.2) is 0 Å². The van der Waals surface area contributed by atoms with Crippen molar-refractivity contribution in [3.05, 3.63) is 34.9 Å². The predicted molar refractivity (Wildman–Crippen MR) is 62.8 cm³/mol. The number of hydrogen-bond acceptors (Lipinski definition) is 1. The van der Waals surface area contributed by atoms with Gasteiger partial charge in [0.05, 0.1) is 6.04 Å². The first-order valence-corrected chi connectivity index (χ1v) is 5.45. The van der Waals surface area contributed by atoms with Gasteiger partial charge in [0.25, 0.3) is 0 Å². The average Bonchev–Trinajstić information content (AvgIpc) is 2.18. The van der Waals surface area contributed by atoms with Crippen molar-refractivity contribution in [1.29, 1.82) is 0 Å². The Bertz CT molecular complexity index is 349. The molecule has 0 saturated carbocycles. The molecule has 1 aromatic carbocycles. The van der Waals surface area contributed by atoms with Crippen molar-refractivity contribution in [2.45, 2.75) is 26.8 Å². The van der Waals surface area contributed by atoms with Gasteiger partial charge in [-0.1, -0.05) is 43.6 Å². The number of rotatable bonds is 3. The Morgan fingerprint density at radius 1 is 1.27 bits per heavy atom. The van der Waals surface area contributed by atoms with Crippen molar-refractivity contribution in [2.24, 2.45) is 5.92 Å². The van der Waals surface area contributed by atoms with Crippen molar-refractivity contribution >= 4 is 17.5 Å². The molecule has 2 nitrogen and oxygen atoms in total. The van der Waals surface area contributed by atoms with Crippen LogP contribution in [-0.2, 0) is 4.79 Å². The van der Waals surface area contributed by atoms with Gasteiger partial charge < -0.3 is 5.32 Å². The molecule has 0 spiro atoms. The smallest absolute Gasteiger partial charge is 0.223 e. The summed E-state index contributed by atoms with van der Waals surface area (Å²) in [6.45, 7) is 5.67.